The third kappa shape index (κ3) is 5.21. The number of likely N-dealkylation sites (tertiary alicyclic amines) is 1. The molecule has 1 aromatic heterocycles. The van der Waals surface area contributed by atoms with Crippen LogP contribution in [-0.2, 0) is 11.3 Å². The van der Waals surface area contributed by atoms with E-state index in [-0.39, 0.29) is 12.1 Å². The van der Waals surface area contributed by atoms with Crippen LogP contribution in [0.25, 0.3) is 0 Å². The Labute approximate surface area is 144 Å². The van der Waals surface area contributed by atoms with Crippen LogP contribution in [0, 0.1) is 13.8 Å². The molecule has 0 bridgehead atoms. The van der Waals surface area contributed by atoms with Crippen molar-refractivity contribution < 1.29 is 9.53 Å². The smallest absolute Gasteiger partial charge is 0.410 e. The quantitative estimate of drug-likeness (QED) is 0.896. The molecule has 1 amide bonds. The molecule has 2 heterocycles. The Morgan fingerprint density at radius 3 is 2.65 bits per heavy atom. The number of carbonyl (C=O) groups is 1. The van der Waals surface area contributed by atoms with Gasteiger partial charge in [0.15, 0.2) is 0 Å². The number of rotatable bonds is 3. The van der Waals surface area contributed by atoms with Crippen LogP contribution in [0.15, 0.2) is 6.07 Å². The van der Waals surface area contributed by atoms with E-state index in [1.165, 1.54) is 15.3 Å². The van der Waals surface area contributed by atoms with Crippen LogP contribution in [0.4, 0.5) is 4.79 Å². The third-order valence-corrected chi connectivity index (χ3v) is 5.24. The molecular formula is C18H30N2O2S. The van der Waals surface area contributed by atoms with Gasteiger partial charge in [-0.25, -0.2) is 4.79 Å². The minimum atomic E-state index is -0.430. The van der Waals surface area contributed by atoms with Crippen molar-refractivity contribution in [3.8, 4) is 0 Å². The summed E-state index contributed by atoms with van der Waals surface area (Å²) in [6, 6.07) is 2.94. The van der Waals surface area contributed by atoms with E-state index >= 15 is 0 Å². The Balaban J connectivity index is 1.84. The van der Waals surface area contributed by atoms with E-state index in [2.05, 4.69) is 32.2 Å². The number of ether oxygens (including phenoxy) is 1. The largest absolute Gasteiger partial charge is 0.444 e. The molecule has 5 heteroatoms. The molecule has 130 valence electrons. The van der Waals surface area contributed by atoms with Crippen molar-refractivity contribution in [1.82, 2.24) is 10.2 Å². The number of nitrogens with one attached hydrogen (secondary N) is 1. The van der Waals surface area contributed by atoms with Gasteiger partial charge in [0.2, 0.25) is 0 Å². The number of piperidine rings is 1. The molecule has 1 saturated heterocycles. The highest BCUT2D eigenvalue weighted by Gasteiger charge is 2.31. The zero-order chi connectivity index (χ0) is 17.2. The standard InChI is InChI=1S/C18H30N2O2S/c1-12-9-16(19-11-15-10-13(2)23-14(15)3)7-8-20(12)17(21)22-18(4,5)6/h10,12,16,19H,7-9,11H2,1-6H3. The lowest BCUT2D eigenvalue weighted by Crippen LogP contribution is -2.50. The van der Waals surface area contributed by atoms with Gasteiger partial charge in [-0.05, 0) is 66.0 Å². The van der Waals surface area contributed by atoms with Crippen LogP contribution in [-0.4, -0.2) is 35.2 Å². The third-order valence-electron chi connectivity index (χ3n) is 4.23. The predicted octanol–water partition coefficient (Wildman–Crippen LogP) is 4.24. The van der Waals surface area contributed by atoms with Gasteiger partial charge in [0.25, 0.3) is 0 Å². The molecule has 1 aliphatic rings. The Morgan fingerprint density at radius 2 is 2.13 bits per heavy atom. The summed E-state index contributed by atoms with van der Waals surface area (Å²) in [5.41, 5.74) is 0.968. The Hall–Kier alpha value is -1.07. The zero-order valence-corrected chi connectivity index (χ0v) is 16.0. The molecule has 1 fully saturated rings. The average molecular weight is 339 g/mol. The molecule has 2 rings (SSSR count). The monoisotopic (exact) mass is 338 g/mol. The van der Waals surface area contributed by atoms with Crippen molar-refractivity contribution >= 4 is 17.4 Å². The topological polar surface area (TPSA) is 41.6 Å². The van der Waals surface area contributed by atoms with Gasteiger partial charge in [0.1, 0.15) is 5.60 Å². The van der Waals surface area contributed by atoms with Crippen LogP contribution in [0.5, 0.6) is 0 Å². The van der Waals surface area contributed by atoms with Gasteiger partial charge >= 0.3 is 6.09 Å². The maximum absolute atomic E-state index is 12.2. The fourth-order valence-corrected chi connectivity index (χ4v) is 4.01. The summed E-state index contributed by atoms with van der Waals surface area (Å²) in [6.45, 7) is 13.9. The van der Waals surface area contributed by atoms with E-state index < -0.39 is 5.60 Å². The molecule has 1 N–H and O–H groups in total. The van der Waals surface area contributed by atoms with Gasteiger partial charge < -0.3 is 15.0 Å². The zero-order valence-electron chi connectivity index (χ0n) is 15.2. The van der Waals surface area contributed by atoms with Gasteiger partial charge in [0.05, 0.1) is 0 Å². The number of nitrogens with zero attached hydrogens (tertiary/aromatic N) is 1. The molecule has 0 aromatic carbocycles. The van der Waals surface area contributed by atoms with Gasteiger partial charge in [-0.2, -0.15) is 0 Å². The van der Waals surface area contributed by atoms with Gasteiger partial charge in [0, 0.05) is 34.9 Å². The molecule has 0 aliphatic carbocycles. The van der Waals surface area contributed by atoms with Crippen molar-refractivity contribution in [3.63, 3.8) is 0 Å². The highest BCUT2D eigenvalue weighted by molar-refractivity contribution is 7.12. The molecule has 0 saturated carbocycles. The Bertz CT molecular complexity index is 548. The molecule has 2 atom stereocenters. The molecule has 2 unspecified atom stereocenters. The summed E-state index contributed by atoms with van der Waals surface area (Å²) in [5.74, 6) is 0. The lowest BCUT2D eigenvalue weighted by Gasteiger charge is -2.38. The van der Waals surface area contributed by atoms with Crippen molar-refractivity contribution in [2.45, 2.75) is 78.6 Å². The van der Waals surface area contributed by atoms with Crippen molar-refractivity contribution in [1.29, 1.82) is 0 Å². The van der Waals surface area contributed by atoms with Crippen molar-refractivity contribution in [3.05, 3.63) is 21.4 Å². The van der Waals surface area contributed by atoms with Crippen LogP contribution in [0.2, 0.25) is 0 Å². The molecule has 0 spiro atoms. The number of hydrogen-bond donors (Lipinski definition) is 1. The lowest BCUT2D eigenvalue weighted by atomic mass is 9.98. The minimum absolute atomic E-state index is 0.187. The van der Waals surface area contributed by atoms with Crippen LogP contribution < -0.4 is 5.32 Å². The van der Waals surface area contributed by atoms with Gasteiger partial charge in [-0.15, -0.1) is 11.3 Å². The first kappa shape index (κ1) is 18.3. The minimum Gasteiger partial charge on any atom is -0.444 e. The summed E-state index contributed by atoms with van der Waals surface area (Å²) >= 11 is 1.86. The molecular weight excluding hydrogens is 308 g/mol. The summed E-state index contributed by atoms with van der Waals surface area (Å²) in [5, 5.41) is 3.66. The van der Waals surface area contributed by atoms with Crippen molar-refractivity contribution in [2.75, 3.05) is 6.54 Å². The Morgan fingerprint density at radius 1 is 1.43 bits per heavy atom. The number of carbonyl (C=O) groups excluding carboxylic acids is 1. The van der Waals surface area contributed by atoms with Crippen LogP contribution >= 0.6 is 11.3 Å². The molecule has 4 nitrogen and oxygen atoms in total. The van der Waals surface area contributed by atoms with E-state index in [9.17, 15) is 4.79 Å². The first-order valence-corrected chi connectivity index (χ1v) is 9.26. The fourth-order valence-electron chi connectivity index (χ4n) is 3.06. The number of aryl methyl sites for hydroxylation is 2. The molecule has 23 heavy (non-hydrogen) atoms. The second kappa shape index (κ2) is 7.22. The van der Waals surface area contributed by atoms with E-state index in [0.29, 0.717) is 6.04 Å². The summed E-state index contributed by atoms with van der Waals surface area (Å²) in [6.07, 6.45) is 1.76. The number of amides is 1. The van der Waals surface area contributed by atoms with Gasteiger partial charge in [-0.3, -0.25) is 0 Å². The Kier molecular flexibility index (Phi) is 5.74. The fraction of sp³-hybridized carbons (Fsp3) is 0.722. The van der Waals surface area contributed by atoms with E-state index in [4.69, 9.17) is 4.74 Å². The molecule has 1 aromatic rings. The first-order valence-electron chi connectivity index (χ1n) is 8.44. The van der Waals surface area contributed by atoms with E-state index in [0.717, 1.165) is 25.9 Å². The highest BCUT2D eigenvalue weighted by Crippen LogP contribution is 2.23. The highest BCUT2D eigenvalue weighted by atomic mass is 32.1. The predicted molar refractivity (Wildman–Crippen MR) is 96.1 cm³/mol. The summed E-state index contributed by atoms with van der Waals surface area (Å²) in [4.78, 5) is 16.9. The SMILES string of the molecule is Cc1cc(CNC2CCN(C(=O)OC(C)(C)C)C(C)C2)c(C)s1. The average Bonchev–Trinajstić information content (AvgIpc) is 2.72. The second-order valence-corrected chi connectivity index (χ2v) is 9.02. The van der Waals surface area contributed by atoms with Crippen LogP contribution in [0.3, 0.4) is 0 Å². The number of thiophene rings is 1. The maximum atomic E-state index is 12.2. The van der Waals surface area contributed by atoms with E-state index in [1.54, 1.807) is 0 Å². The number of hydrogen-bond acceptors (Lipinski definition) is 4. The first-order chi connectivity index (χ1) is 10.7. The maximum Gasteiger partial charge on any atom is 0.410 e. The summed E-state index contributed by atoms with van der Waals surface area (Å²) in [7, 11) is 0. The van der Waals surface area contributed by atoms with Crippen LogP contribution in [0.1, 0.15) is 55.9 Å². The lowest BCUT2D eigenvalue weighted by molar-refractivity contribution is 0.00932. The van der Waals surface area contributed by atoms with Gasteiger partial charge in [-0.1, -0.05) is 0 Å². The second-order valence-electron chi connectivity index (χ2n) is 7.56. The molecule has 1 aliphatic heterocycles. The summed E-state index contributed by atoms with van der Waals surface area (Å²) < 4.78 is 5.50. The molecule has 0 radical (unpaired) electrons. The normalized spacial score (nSPS) is 22.3. The van der Waals surface area contributed by atoms with Crippen molar-refractivity contribution in [2.24, 2.45) is 0 Å². The van der Waals surface area contributed by atoms with E-state index in [1.807, 2.05) is 37.0 Å².